The third-order valence-corrected chi connectivity index (χ3v) is 6.89. The number of nitrogens with zero attached hydrogens (tertiary/aromatic N) is 1. The SMILES string of the molecule is CC(C)c1ccc(S(=O)(=O)N2CCc3c([nH]c4ccccc34)C2)cc1. The number of aromatic amines is 1. The second kappa shape index (κ2) is 6.00. The Bertz CT molecular complexity index is 1020. The van der Waals surface area contributed by atoms with E-state index < -0.39 is 10.0 Å². The first kappa shape index (κ1) is 16.4. The standard InChI is InChI=1S/C20H22N2O2S/c1-14(2)15-7-9-16(10-8-15)25(23,24)22-12-11-18-17-5-3-4-6-19(17)21-20(18)13-22/h3-10,14,21H,11-13H2,1-2H3. The zero-order valence-electron chi connectivity index (χ0n) is 14.5. The number of H-pyrrole nitrogens is 1. The van der Waals surface area contributed by atoms with Crippen LogP contribution in [0.5, 0.6) is 0 Å². The van der Waals surface area contributed by atoms with Crippen LogP contribution in [-0.4, -0.2) is 24.3 Å². The normalized spacial score (nSPS) is 15.6. The Morgan fingerprint density at radius 1 is 1.04 bits per heavy atom. The fourth-order valence-corrected chi connectivity index (χ4v) is 4.96. The second-order valence-electron chi connectivity index (χ2n) is 6.94. The van der Waals surface area contributed by atoms with Crippen LogP contribution in [0, 0.1) is 0 Å². The largest absolute Gasteiger partial charge is 0.357 e. The van der Waals surface area contributed by atoms with E-state index in [1.54, 1.807) is 16.4 Å². The Balaban J connectivity index is 1.66. The monoisotopic (exact) mass is 354 g/mol. The van der Waals surface area contributed by atoms with Crippen LogP contribution < -0.4 is 0 Å². The van der Waals surface area contributed by atoms with Gasteiger partial charge < -0.3 is 4.98 Å². The number of nitrogens with one attached hydrogen (secondary N) is 1. The van der Waals surface area contributed by atoms with Gasteiger partial charge in [0.15, 0.2) is 0 Å². The average Bonchev–Trinajstić information content (AvgIpc) is 2.99. The van der Waals surface area contributed by atoms with Gasteiger partial charge in [-0.2, -0.15) is 4.31 Å². The molecule has 2 heterocycles. The van der Waals surface area contributed by atoms with E-state index in [9.17, 15) is 8.42 Å². The predicted octanol–water partition coefficient (Wildman–Crippen LogP) is 4.04. The molecule has 2 aromatic carbocycles. The molecule has 25 heavy (non-hydrogen) atoms. The summed E-state index contributed by atoms with van der Waals surface area (Å²) in [5.74, 6) is 0.389. The Hall–Kier alpha value is -2.11. The van der Waals surface area contributed by atoms with Crippen LogP contribution in [0.15, 0.2) is 53.4 Å². The van der Waals surface area contributed by atoms with Crippen molar-refractivity contribution in [3.05, 3.63) is 65.4 Å². The van der Waals surface area contributed by atoms with E-state index >= 15 is 0 Å². The highest BCUT2D eigenvalue weighted by Crippen LogP contribution is 2.30. The number of hydrogen-bond donors (Lipinski definition) is 1. The molecule has 1 N–H and O–H groups in total. The summed E-state index contributed by atoms with van der Waals surface area (Å²) in [6.07, 6.45) is 0.739. The molecule has 0 saturated carbocycles. The average molecular weight is 354 g/mol. The maximum absolute atomic E-state index is 13.0. The lowest BCUT2D eigenvalue weighted by Gasteiger charge is -2.26. The molecule has 5 heteroatoms. The lowest BCUT2D eigenvalue weighted by Crippen LogP contribution is -2.35. The topological polar surface area (TPSA) is 53.2 Å². The Kier molecular flexibility index (Phi) is 3.93. The van der Waals surface area contributed by atoms with E-state index in [-0.39, 0.29) is 0 Å². The summed E-state index contributed by atoms with van der Waals surface area (Å²) in [5.41, 5.74) is 4.48. The highest BCUT2D eigenvalue weighted by Gasteiger charge is 2.30. The van der Waals surface area contributed by atoms with Gasteiger partial charge in [-0.05, 0) is 41.7 Å². The maximum Gasteiger partial charge on any atom is 0.243 e. The van der Waals surface area contributed by atoms with E-state index in [4.69, 9.17) is 0 Å². The first-order valence-corrected chi connectivity index (χ1v) is 10.1. The van der Waals surface area contributed by atoms with E-state index in [0.717, 1.165) is 23.2 Å². The number of fused-ring (bicyclic) bond motifs is 3. The van der Waals surface area contributed by atoms with Crippen molar-refractivity contribution in [1.29, 1.82) is 0 Å². The van der Waals surface area contributed by atoms with Crippen LogP contribution >= 0.6 is 0 Å². The van der Waals surface area contributed by atoms with E-state index in [1.807, 2.05) is 30.3 Å². The first-order valence-electron chi connectivity index (χ1n) is 8.65. The highest BCUT2D eigenvalue weighted by molar-refractivity contribution is 7.89. The molecule has 0 unspecified atom stereocenters. The smallest absolute Gasteiger partial charge is 0.243 e. The molecule has 130 valence electrons. The molecule has 0 fully saturated rings. The summed E-state index contributed by atoms with van der Waals surface area (Å²) in [4.78, 5) is 3.76. The van der Waals surface area contributed by atoms with Crippen molar-refractivity contribution >= 4 is 20.9 Å². The maximum atomic E-state index is 13.0. The molecule has 0 aliphatic carbocycles. The summed E-state index contributed by atoms with van der Waals surface area (Å²) in [6.45, 7) is 5.12. The molecule has 3 aromatic rings. The molecule has 0 radical (unpaired) electrons. The zero-order valence-corrected chi connectivity index (χ0v) is 15.3. The lowest BCUT2D eigenvalue weighted by atomic mass is 10.0. The minimum Gasteiger partial charge on any atom is -0.357 e. The summed E-state index contributed by atoms with van der Waals surface area (Å²) in [6, 6.07) is 15.4. The molecule has 0 bridgehead atoms. The minimum atomic E-state index is -3.47. The van der Waals surface area contributed by atoms with Gasteiger partial charge in [0.2, 0.25) is 10.0 Å². The van der Waals surface area contributed by atoms with Gasteiger partial charge >= 0.3 is 0 Å². The number of sulfonamides is 1. The first-order chi connectivity index (χ1) is 12.0. The van der Waals surface area contributed by atoms with Gasteiger partial charge in [0, 0.05) is 23.1 Å². The molecular weight excluding hydrogens is 332 g/mol. The van der Waals surface area contributed by atoms with E-state index in [1.165, 1.54) is 10.9 Å². The number of hydrogen-bond acceptors (Lipinski definition) is 2. The van der Waals surface area contributed by atoms with E-state index in [2.05, 4.69) is 24.9 Å². The third kappa shape index (κ3) is 2.77. The van der Waals surface area contributed by atoms with Gasteiger partial charge in [-0.3, -0.25) is 0 Å². The van der Waals surface area contributed by atoms with Crippen LogP contribution in [0.1, 0.15) is 36.6 Å². The molecule has 4 nitrogen and oxygen atoms in total. The van der Waals surface area contributed by atoms with Crippen LogP contribution in [0.25, 0.3) is 10.9 Å². The molecule has 4 rings (SSSR count). The zero-order chi connectivity index (χ0) is 17.6. The number of para-hydroxylation sites is 1. The number of rotatable bonds is 3. The molecular formula is C20H22N2O2S. The van der Waals surface area contributed by atoms with Crippen LogP contribution in [0.2, 0.25) is 0 Å². The lowest BCUT2D eigenvalue weighted by molar-refractivity contribution is 0.388. The van der Waals surface area contributed by atoms with Crippen LogP contribution in [0.4, 0.5) is 0 Å². The summed E-state index contributed by atoms with van der Waals surface area (Å²) < 4.78 is 27.6. The van der Waals surface area contributed by atoms with Crippen molar-refractivity contribution in [2.75, 3.05) is 6.54 Å². The Morgan fingerprint density at radius 2 is 1.76 bits per heavy atom. The molecule has 1 aliphatic heterocycles. The van der Waals surface area contributed by atoms with Crippen molar-refractivity contribution in [3.63, 3.8) is 0 Å². The fourth-order valence-electron chi connectivity index (χ4n) is 3.55. The third-order valence-electron chi connectivity index (χ3n) is 5.03. The Morgan fingerprint density at radius 3 is 2.48 bits per heavy atom. The van der Waals surface area contributed by atoms with Gasteiger partial charge in [0.25, 0.3) is 0 Å². The van der Waals surface area contributed by atoms with Crippen LogP contribution in [0.3, 0.4) is 0 Å². The predicted molar refractivity (Wildman–Crippen MR) is 100 cm³/mol. The van der Waals surface area contributed by atoms with Crippen LogP contribution in [-0.2, 0) is 23.0 Å². The van der Waals surface area contributed by atoms with Crippen molar-refractivity contribution in [2.24, 2.45) is 0 Å². The molecule has 0 saturated heterocycles. The molecule has 1 aromatic heterocycles. The van der Waals surface area contributed by atoms with E-state index in [0.29, 0.717) is 23.9 Å². The quantitative estimate of drug-likeness (QED) is 0.772. The second-order valence-corrected chi connectivity index (χ2v) is 8.88. The highest BCUT2D eigenvalue weighted by atomic mass is 32.2. The van der Waals surface area contributed by atoms with Gasteiger partial charge in [-0.25, -0.2) is 8.42 Å². The van der Waals surface area contributed by atoms with Crippen molar-refractivity contribution < 1.29 is 8.42 Å². The summed E-state index contributed by atoms with van der Waals surface area (Å²) in [7, 11) is -3.47. The number of aromatic nitrogens is 1. The molecule has 1 aliphatic rings. The summed E-state index contributed by atoms with van der Waals surface area (Å²) in [5, 5.41) is 1.20. The molecule has 0 amide bonds. The number of benzene rings is 2. The molecule has 0 atom stereocenters. The Labute approximate surface area is 148 Å². The van der Waals surface area contributed by atoms with Gasteiger partial charge in [-0.1, -0.05) is 44.2 Å². The van der Waals surface area contributed by atoms with Crippen molar-refractivity contribution in [3.8, 4) is 0 Å². The summed E-state index contributed by atoms with van der Waals surface area (Å²) >= 11 is 0. The van der Waals surface area contributed by atoms with Crippen molar-refractivity contribution in [1.82, 2.24) is 9.29 Å². The molecule has 0 spiro atoms. The van der Waals surface area contributed by atoms with Gasteiger partial charge in [0.1, 0.15) is 0 Å². The fraction of sp³-hybridized carbons (Fsp3) is 0.300. The van der Waals surface area contributed by atoms with Gasteiger partial charge in [-0.15, -0.1) is 0 Å². The van der Waals surface area contributed by atoms with Gasteiger partial charge in [0.05, 0.1) is 11.4 Å². The van der Waals surface area contributed by atoms with Crippen molar-refractivity contribution in [2.45, 2.75) is 37.6 Å². The minimum absolute atomic E-state index is 0.372.